The molecule has 5 rings (SSSR count). The fraction of sp³-hybridized carbons (Fsp3) is 0.312. The van der Waals surface area contributed by atoms with Crippen molar-refractivity contribution in [1.82, 2.24) is 9.88 Å². The number of carbonyl (C=O) groups excluding carboxylic acids is 1. The zero-order valence-corrected chi connectivity index (χ0v) is 24.3. The molecule has 0 saturated heterocycles. The molecule has 2 aliphatic rings. The molecule has 1 N–H and O–H groups in total. The van der Waals surface area contributed by atoms with Crippen molar-refractivity contribution in [2.45, 2.75) is 55.9 Å². The summed E-state index contributed by atoms with van der Waals surface area (Å²) in [6.07, 6.45) is 7.87. The lowest BCUT2D eigenvalue weighted by atomic mass is 9.84. The van der Waals surface area contributed by atoms with Crippen molar-refractivity contribution in [3.05, 3.63) is 107 Å². The predicted octanol–water partition coefficient (Wildman–Crippen LogP) is 5.48. The number of carboxylic acid groups (broad SMARTS) is 1. The second kappa shape index (κ2) is 13.4. The van der Waals surface area contributed by atoms with Crippen LogP contribution in [0.5, 0.6) is 0 Å². The van der Waals surface area contributed by atoms with E-state index in [4.69, 9.17) is 4.74 Å². The number of Topliss-reactive ketones (excluding diaryl/α,β-unsaturated/α-hetero) is 1. The molecule has 2 aliphatic carbocycles. The molecular formula is C32H32FN3O6S. The first kappa shape index (κ1) is 30.2. The number of fused-ring (bicyclic) bond motifs is 1. The number of sulfonamides is 1. The normalized spacial score (nSPS) is 16.5. The van der Waals surface area contributed by atoms with Gasteiger partial charge in [0.1, 0.15) is 18.2 Å². The lowest BCUT2D eigenvalue weighted by Crippen LogP contribution is -2.35. The lowest BCUT2D eigenvalue weighted by molar-refractivity contribution is -0.137. The van der Waals surface area contributed by atoms with Gasteiger partial charge in [-0.2, -0.15) is 12.8 Å². The number of rotatable bonds is 11. The molecule has 0 amide bonds. The molecule has 0 radical (unpaired) electrons. The highest BCUT2D eigenvalue weighted by molar-refractivity contribution is 7.90. The molecule has 43 heavy (non-hydrogen) atoms. The van der Waals surface area contributed by atoms with E-state index >= 15 is 0 Å². The van der Waals surface area contributed by atoms with Crippen LogP contribution in [0.3, 0.4) is 0 Å². The number of benzene rings is 2. The number of hydrogen-bond acceptors (Lipinski definition) is 7. The summed E-state index contributed by atoms with van der Waals surface area (Å²) in [5.41, 5.74) is 1.77. The van der Waals surface area contributed by atoms with Gasteiger partial charge in [-0.05, 0) is 72.4 Å². The Kier molecular flexibility index (Phi) is 9.42. The average molecular weight is 606 g/mol. The molecule has 11 heteroatoms. The zero-order chi connectivity index (χ0) is 30.4. The Labute approximate surface area is 249 Å². The van der Waals surface area contributed by atoms with Crippen molar-refractivity contribution in [2.75, 3.05) is 13.3 Å². The van der Waals surface area contributed by atoms with E-state index in [9.17, 15) is 27.5 Å². The SMILES string of the molecule is O=C(O)CCN(COCc1cccc(F)c1)C1=CC(=NS(=O)(=O)c2cccc(C3CCCCC3)c2)c2cccnc2C1=O. The third kappa shape index (κ3) is 7.41. The van der Waals surface area contributed by atoms with Crippen molar-refractivity contribution in [2.24, 2.45) is 4.40 Å². The van der Waals surface area contributed by atoms with Gasteiger partial charge in [-0.25, -0.2) is 4.39 Å². The van der Waals surface area contributed by atoms with E-state index in [1.165, 1.54) is 41.8 Å². The van der Waals surface area contributed by atoms with Crippen molar-refractivity contribution >= 4 is 27.5 Å². The molecule has 0 aliphatic heterocycles. The molecule has 3 aromatic rings. The van der Waals surface area contributed by atoms with E-state index < -0.39 is 27.6 Å². The molecule has 1 heterocycles. The van der Waals surface area contributed by atoms with Crippen LogP contribution in [0.1, 0.15) is 71.6 Å². The largest absolute Gasteiger partial charge is 0.481 e. The second-order valence-electron chi connectivity index (χ2n) is 10.6. The van der Waals surface area contributed by atoms with Crippen molar-refractivity contribution in [1.29, 1.82) is 0 Å². The third-order valence-electron chi connectivity index (χ3n) is 7.60. The van der Waals surface area contributed by atoms with Gasteiger partial charge in [-0.15, -0.1) is 0 Å². The van der Waals surface area contributed by atoms with Gasteiger partial charge in [-0.1, -0.05) is 43.5 Å². The monoisotopic (exact) mass is 605 g/mol. The number of carboxylic acids is 1. The summed E-state index contributed by atoms with van der Waals surface area (Å²) >= 11 is 0. The van der Waals surface area contributed by atoms with E-state index in [1.807, 2.05) is 6.07 Å². The fourth-order valence-corrected chi connectivity index (χ4v) is 6.48. The number of ketones is 1. The molecule has 1 fully saturated rings. The first-order valence-electron chi connectivity index (χ1n) is 14.2. The van der Waals surface area contributed by atoms with Crippen LogP contribution in [0, 0.1) is 5.82 Å². The quantitative estimate of drug-likeness (QED) is 0.285. The summed E-state index contributed by atoms with van der Waals surface area (Å²) in [6, 6.07) is 15.8. The molecule has 0 unspecified atom stereocenters. The molecule has 0 bridgehead atoms. The Morgan fingerprint density at radius 2 is 1.86 bits per heavy atom. The second-order valence-corrected chi connectivity index (χ2v) is 12.2. The number of nitrogens with zero attached hydrogens (tertiary/aromatic N) is 3. The van der Waals surface area contributed by atoms with E-state index in [1.54, 1.807) is 36.4 Å². The molecular weight excluding hydrogens is 573 g/mol. The summed E-state index contributed by atoms with van der Waals surface area (Å²) in [5.74, 6) is -1.74. The molecule has 1 saturated carbocycles. The zero-order valence-electron chi connectivity index (χ0n) is 23.5. The van der Waals surface area contributed by atoms with Crippen LogP contribution >= 0.6 is 0 Å². The minimum absolute atomic E-state index is 0.00315. The Morgan fingerprint density at radius 3 is 2.63 bits per heavy atom. The standard InChI is InChI=1S/C32H32FN3O6S/c33-25-11-4-7-22(17-25)20-42-21-36(16-14-30(37)38)29-19-28(27-13-6-15-34-31(27)32(29)39)35-43(40,41)26-12-5-10-24(18-26)23-8-2-1-3-9-23/h4-7,10-13,15,17-19,23H,1-3,8-9,14,16,20-21H2,(H,37,38). The molecule has 9 nitrogen and oxygen atoms in total. The van der Waals surface area contributed by atoms with E-state index in [0.717, 1.165) is 31.2 Å². The third-order valence-corrected chi connectivity index (χ3v) is 8.88. The number of aromatic nitrogens is 1. The molecule has 0 spiro atoms. The summed E-state index contributed by atoms with van der Waals surface area (Å²) < 4.78 is 50.7. The highest BCUT2D eigenvalue weighted by atomic mass is 32.2. The van der Waals surface area contributed by atoms with Crippen LogP contribution in [0.2, 0.25) is 0 Å². The number of pyridine rings is 1. The van der Waals surface area contributed by atoms with E-state index in [0.29, 0.717) is 11.5 Å². The maximum absolute atomic E-state index is 13.6. The Balaban J connectivity index is 1.48. The van der Waals surface area contributed by atoms with Gasteiger partial charge in [-0.3, -0.25) is 14.6 Å². The topological polar surface area (TPSA) is 126 Å². The maximum Gasteiger partial charge on any atom is 0.305 e. The summed E-state index contributed by atoms with van der Waals surface area (Å²) in [7, 11) is -4.19. The average Bonchev–Trinajstić information content (AvgIpc) is 3.01. The van der Waals surface area contributed by atoms with Crippen LogP contribution in [0.15, 0.2) is 87.9 Å². The lowest BCUT2D eigenvalue weighted by Gasteiger charge is -2.28. The van der Waals surface area contributed by atoms with Gasteiger partial charge >= 0.3 is 5.97 Å². The van der Waals surface area contributed by atoms with Crippen molar-refractivity contribution in [3.63, 3.8) is 0 Å². The van der Waals surface area contributed by atoms with E-state index in [2.05, 4.69) is 9.38 Å². The van der Waals surface area contributed by atoms with Gasteiger partial charge in [0.2, 0.25) is 5.78 Å². The van der Waals surface area contributed by atoms with Crippen LogP contribution < -0.4 is 0 Å². The first-order valence-corrected chi connectivity index (χ1v) is 15.6. The van der Waals surface area contributed by atoms with Gasteiger partial charge in [0.25, 0.3) is 10.0 Å². The Bertz CT molecular complexity index is 1680. The number of hydrogen-bond donors (Lipinski definition) is 1. The highest BCUT2D eigenvalue weighted by Crippen LogP contribution is 2.34. The first-order chi connectivity index (χ1) is 20.7. The fourth-order valence-electron chi connectivity index (χ4n) is 5.43. The number of allylic oxidation sites excluding steroid dienone is 2. The van der Waals surface area contributed by atoms with Gasteiger partial charge in [0, 0.05) is 18.3 Å². The van der Waals surface area contributed by atoms with Gasteiger partial charge in [0.15, 0.2) is 0 Å². The Morgan fingerprint density at radius 1 is 1.07 bits per heavy atom. The van der Waals surface area contributed by atoms with Crippen LogP contribution in [-0.4, -0.2) is 54.1 Å². The van der Waals surface area contributed by atoms with E-state index in [-0.39, 0.29) is 53.9 Å². The van der Waals surface area contributed by atoms with Crippen LogP contribution in [0.25, 0.3) is 0 Å². The highest BCUT2D eigenvalue weighted by Gasteiger charge is 2.31. The minimum atomic E-state index is -4.19. The minimum Gasteiger partial charge on any atom is -0.481 e. The smallest absolute Gasteiger partial charge is 0.305 e. The summed E-state index contributed by atoms with van der Waals surface area (Å²) in [4.78, 5) is 30.6. The predicted molar refractivity (Wildman–Crippen MR) is 158 cm³/mol. The molecule has 1 aromatic heterocycles. The molecule has 224 valence electrons. The maximum atomic E-state index is 13.6. The van der Waals surface area contributed by atoms with Crippen molar-refractivity contribution < 1.29 is 32.2 Å². The Hall–Kier alpha value is -4.22. The van der Waals surface area contributed by atoms with Crippen molar-refractivity contribution in [3.8, 4) is 0 Å². The summed E-state index contributed by atoms with van der Waals surface area (Å²) in [6.45, 7) is -0.320. The number of halogens is 1. The van der Waals surface area contributed by atoms with Crippen LogP contribution in [-0.2, 0) is 26.2 Å². The molecule has 2 aromatic carbocycles. The van der Waals surface area contributed by atoms with Crippen LogP contribution in [0.4, 0.5) is 4.39 Å². The number of aliphatic carboxylic acids is 1. The number of ether oxygens (including phenoxy) is 1. The molecule has 0 atom stereocenters. The number of carbonyl (C=O) groups is 2. The van der Waals surface area contributed by atoms with Gasteiger partial charge in [0.05, 0.1) is 29.3 Å². The van der Waals surface area contributed by atoms with Gasteiger partial charge < -0.3 is 14.7 Å². The summed E-state index contributed by atoms with van der Waals surface area (Å²) in [5, 5.41) is 9.34.